The van der Waals surface area contributed by atoms with Crippen molar-refractivity contribution < 1.29 is 0 Å². The molecule has 0 amide bonds. The fraction of sp³-hybridized carbons (Fsp3) is 0.263. The molecule has 1 heterocycles. The normalized spacial score (nSPS) is 15.3. The first kappa shape index (κ1) is 13.1. The zero-order chi connectivity index (χ0) is 14.2. The van der Waals surface area contributed by atoms with Crippen LogP contribution in [0.2, 0.25) is 0 Å². The molecular weight excluding hydrogens is 274 g/mol. The molecule has 4 rings (SSSR count). The largest absolute Gasteiger partial charge is 0.324 e. The van der Waals surface area contributed by atoms with Crippen LogP contribution in [0.25, 0.3) is 10.1 Å². The van der Waals surface area contributed by atoms with E-state index in [2.05, 4.69) is 47.8 Å². The van der Waals surface area contributed by atoms with Crippen LogP contribution in [0.1, 0.15) is 34.7 Å². The lowest BCUT2D eigenvalue weighted by Gasteiger charge is -2.13. The Morgan fingerprint density at radius 3 is 2.86 bits per heavy atom. The lowest BCUT2D eigenvalue weighted by atomic mass is 9.96. The Balaban J connectivity index is 1.62. The highest BCUT2D eigenvalue weighted by Gasteiger charge is 2.15. The third kappa shape index (κ3) is 2.39. The molecule has 0 fully saturated rings. The maximum atomic E-state index is 6.48. The molecule has 106 valence electrons. The maximum absolute atomic E-state index is 6.48. The number of hydrogen-bond acceptors (Lipinski definition) is 2. The smallest absolute Gasteiger partial charge is 0.0345 e. The van der Waals surface area contributed by atoms with Crippen LogP contribution in [0.15, 0.2) is 47.8 Å². The van der Waals surface area contributed by atoms with Crippen molar-refractivity contribution in [2.75, 3.05) is 0 Å². The monoisotopic (exact) mass is 293 g/mol. The summed E-state index contributed by atoms with van der Waals surface area (Å²) in [5, 5.41) is 3.62. The van der Waals surface area contributed by atoms with Gasteiger partial charge < -0.3 is 5.73 Å². The second-order valence-corrected chi connectivity index (χ2v) is 6.86. The van der Waals surface area contributed by atoms with Gasteiger partial charge in [-0.05, 0) is 64.8 Å². The summed E-state index contributed by atoms with van der Waals surface area (Å²) >= 11 is 1.82. The van der Waals surface area contributed by atoms with E-state index in [4.69, 9.17) is 5.73 Å². The minimum atomic E-state index is 0.0916. The highest BCUT2D eigenvalue weighted by Crippen LogP contribution is 2.30. The van der Waals surface area contributed by atoms with Crippen LogP contribution < -0.4 is 5.73 Å². The molecule has 0 aliphatic heterocycles. The number of aryl methyl sites for hydroxylation is 2. The van der Waals surface area contributed by atoms with Gasteiger partial charge in [0.05, 0.1) is 0 Å². The zero-order valence-corrected chi connectivity index (χ0v) is 12.8. The van der Waals surface area contributed by atoms with Gasteiger partial charge in [0.2, 0.25) is 0 Å². The second kappa shape index (κ2) is 5.28. The molecule has 0 saturated carbocycles. The van der Waals surface area contributed by atoms with Crippen molar-refractivity contribution in [3.8, 4) is 0 Å². The van der Waals surface area contributed by atoms with E-state index in [1.54, 1.807) is 0 Å². The van der Waals surface area contributed by atoms with Gasteiger partial charge in [0.1, 0.15) is 0 Å². The first-order chi connectivity index (χ1) is 10.3. The second-order valence-electron chi connectivity index (χ2n) is 5.95. The van der Waals surface area contributed by atoms with E-state index in [9.17, 15) is 0 Å². The SMILES string of the molecule is NC(Cc1csc2ccccc12)c1ccc2c(c1)CCC2. The van der Waals surface area contributed by atoms with Crippen molar-refractivity contribution in [2.24, 2.45) is 5.73 Å². The van der Waals surface area contributed by atoms with E-state index in [0.29, 0.717) is 0 Å². The standard InChI is InChI=1S/C19H19NS/c20-18(15-9-8-13-4-3-5-14(13)10-15)11-16-12-21-19-7-2-1-6-17(16)19/h1-2,6-10,12,18H,3-5,11,20H2. The highest BCUT2D eigenvalue weighted by atomic mass is 32.1. The number of fused-ring (bicyclic) bond motifs is 2. The van der Waals surface area contributed by atoms with Gasteiger partial charge in [-0.15, -0.1) is 11.3 Å². The van der Waals surface area contributed by atoms with Gasteiger partial charge in [0, 0.05) is 10.7 Å². The van der Waals surface area contributed by atoms with Crippen molar-refractivity contribution in [1.82, 2.24) is 0 Å². The third-order valence-electron chi connectivity index (χ3n) is 4.55. The van der Waals surface area contributed by atoms with Crippen LogP contribution in [0, 0.1) is 0 Å². The minimum Gasteiger partial charge on any atom is -0.324 e. The summed E-state index contributed by atoms with van der Waals surface area (Å²) in [5.41, 5.74) is 12.2. The topological polar surface area (TPSA) is 26.0 Å². The van der Waals surface area contributed by atoms with Gasteiger partial charge in [0.15, 0.2) is 0 Å². The summed E-state index contributed by atoms with van der Waals surface area (Å²) in [6.45, 7) is 0. The van der Waals surface area contributed by atoms with E-state index in [0.717, 1.165) is 6.42 Å². The number of benzene rings is 2. The minimum absolute atomic E-state index is 0.0916. The lowest BCUT2D eigenvalue weighted by molar-refractivity contribution is 0.725. The summed E-state index contributed by atoms with van der Waals surface area (Å²) in [5.74, 6) is 0. The van der Waals surface area contributed by atoms with Gasteiger partial charge >= 0.3 is 0 Å². The molecular formula is C19H19NS. The summed E-state index contributed by atoms with van der Waals surface area (Å²) in [6, 6.07) is 15.5. The number of nitrogens with two attached hydrogens (primary N) is 1. The first-order valence-electron chi connectivity index (χ1n) is 7.63. The number of hydrogen-bond donors (Lipinski definition) is 1. The Hall–Kier alpha value is -1.64. The van der Waals surface area contributed by atoms with E-state index in [1.165, 1.54) is 51.6 Å². The molecule has 2 N–H and O–H groups in total. The molecule has 1 aromatic heterocycles. The fourth-order valence-electron chi connectivity index (χ4n) is 3.37. The molecule has 0 spiro atoms. The molecule has 0 radical (unpaired) electrons. The Bertz CT molecular complexity index is 787. The van der Waals surface area contributed by atoms with Crippen molar-refractivity contribution in [1.29, 1.82) is 0 Å². The Morgan fingerprint density at radius 2 is 1.90 bits per heavy atom. The average Bonchev–Trinajstić information content (AvgIpc) is 3.13. The van der Waals surface area contributed by atoms with Gasteiger partial charge in [0.25, 0.3) is 0 Å². The molecule has 2 aromatic carbocycles. The Kier molecular flexibility index (Phi) is 3.28. The van der Waals surface area contributed by atoms with Crippen LogP contribution in [0.4, 0.5) is 0 Å². The molecule has 21 heavy (non-hydrogen) atoms. The Labute approximate surface area is 129 Å². The van der Waals surface area contributed by atoms with Gasteiger partial charge in [-0.25, -0.2) is 0 Å². The van der Waals surface area contributed by atoms with E-state index < -0.39 is 0 Å². The maximum Gasteiger partial charge on any atom is 0.0345 e. The number of rotatable bonds is 3. The molecule has 2 heteroatoms. The van der Waals surface area contributed by atoms with Crippen molar-refractivity contribution in [2.45, 2.75) is 31.7 Å². The molecule has 1 nitrogen and oxygen atoms in total. The summed E-state index contributed by atoms with van der Waals surface area (Å²) in [6.07, 6.45) is 4.67. The first-order valence-corrected chi connectivity index (χ1v) is 8.51. The average molecular weight is 293 g/mol. The molecule has 1 atom stereocenters. The van der Waals surface area contributed by atoms with Gasteiger partial charge in [-0.3, -0.25) is 0 Å². The van der Waals surface area contributed by atoms with E-state index in [-0.39, 0.29) is 6.04 Å². The third-order valence-corrected chi connectivity index (χ3v) is 5.56. The Morgan fingerprint density at radius 1 is 1.05 bits per heavy atom. The van der Waals surface area contributed by atoms with Crippen LogP contribution in [0.3, 0.4) is 0 Å². The quantitative estimate of drug-likeness (QED) is 0.748. The van der Waals surface area contributed by atoms with E-state index in [1.807, 2.05) is 11.3 Å². The van der Waals surface area contributed by atoms with Gasteiger partial charge in [-0.2, -0.15) is 0 Å². The molecule has 1 unspecified atom stereocenters. The molecule has 0 bridgehead atoms. The van der Waals surface area contributed by atoms with Crippen LogP contribution in [-0.4, -0.2) is 0 Å². The molecule has 3 aromatic rings. The summed E-state index contributed by atoms with van der Waals surface area (Å²) in [4.78, 5) is 0. The van der Waals surface area contributed by atoms with Crippen LogP contribution in [0.5, 0.6) is 0 Å². The molecule has 0 saturated heterocycles. The van der Waals surface area contributed by atoms with Crippen molar-refractivity contribution >= 4 is 21.4 Å². The predicted molar refractivity (Wildman–Crippen MR) is 90.9 cm³/mol. The number of thiophene rings is 1. The predicted octanol–water partition coefficient (Wildman–Crippen LogP) is 4.63. The van der Waals surface area contributed by atoms with Crippen LogP contribution >= 0.6 is 11.3 Å². The molecule has 1 aliphatic rings. The molecule has 1 aliphatic carbocycles. The highest BCUT2D eigenvalue weighted by molar-refractivity contribution is 7.17. The summed E-state index contributed by atoms with van der Waals surface area (Å²) < 4.78 is 1.36. The summed E-state index contributed by atoms with van der Waals surface area (Å²) in [7, 11) is 0. The van der Waals surface area contributed by atoms with Gasteiger partial charge in [-0.1, -0.05) is 36.4 Å². The van der Waals surface area contributed by atoms with Crippen molar-refractivity contribution in [3.63, 3.8) is 0 Å². The fourth-order valence-corrected chi connectivity index (χ4v) is 4.34. The lowest BCUT2D eigenvalue weighted by Crippen LogP contribution is -2.13. The van der Waals surface area contributed by atoms with E-state index >= 15 is 0 Å². The van der Waals surface area contributed by atoms with Crippen LogP contribution in [-0.2, 0) is 19.3 Å². The van der Waals surface area contributed by atoms with Crippen molar-refractivity contribution in [3.05, 3.63) is 70.1 Å². The zero-order valence-electron chi connectivity index (χ0n) is 12.0.